The van der Waals surface area contributed by atoms with Crippen molar-refractivity contribution >= 4 is 30.7 Å². The molecule has 1 N–H and O–H groups in total. The van der Waals surface area contributed by atoms with Crippen molar-refractivity contribution in [3.63, 3.8) is 0 Å². The van der Waals surface area contributed by atoms with Gasteiger partial charge in [0.25, 0.3) is 0 Å². The zero-order valence-corrected chi connectivity index (χ0v) is 17.1. The Morgan fingerprint density at radius 2 is 1.96 bits per heavy atom. The highest BCUT2D eigenvalue weighted by atomic mass is 35.5. The van der Waals surface area contributed by atoms with Gasteiger partial charge in [-0.15, -0.1) is 0 Å². The van der Waals surface area contributed by atoms with E-state index in [-0.39, 0.29) is 0 Å². The first-order valence-electron chi connectivity index (χ1n) is 9.11. The van der Waals surface area contributed by atoms with Gasteiger partial charge in [-0.05, 0) is 25.0 Å². The van der Waals surface area contributed by atoms with Gasteiger partial charge in [-0.25, -0.2) is 9.97 Å². The first kappa shape index (κ1) is 18.8. The average Bonchev–Trinajstić information content (AvgIpc) is 2.92. The monoisotopic (exact) mass is 381 g/mol. The molecule has 2 heterocycles. The summed E-state index contributed by atoms with van der Waals surface area (Å²) < 4.78 is 7.95. The number of rotatable bonds is 6. The van der Waals surface area contributed by atoms with Crippen molar-refractivity contribution in [3.8, 4) is 0 Å². The highest BCUT2D eigenvalue weighted by Crippen LogP contribution is 2.40. The molecular weight excluding hydrogens is 354 g/mol. The van der Waals surface area contributed by atoms with Crippen molar-refractivity contribution < 1.29 is 9.84 Å². The molecule has 3 rings (SSSR count). The molecule has 1 saturated carbocycles. The summed E-state index contributed by atoms with van der Waals surface area (Å²) in [5.74, 6) is 0. The molecule has 0 radical (unpaired) electrons. The molecule has 138 valence electrons. The predicted molar refractivity (Wildman–Crippen MR) is 104 cm³/mol. The summed E-state index contributed by atoms with van der Waals surface area (Å²) in [5.41, 5.74) is 0.768. The fourth-order valence-electron chi connectivity index (χ4n) is 3.48. The summed E-state index contributed by atoms with van der Waals surface area (Å²) in [6.45, 7) is 8.13. The molecule has 0 bridgehead atoms. The summed E-state index contributed by atoms with van der Waals surface area (Å²) in [7, 11) is -1.13. The lowest BCUT2D eigenvalue weighted by Gasteiger charge is -2.33. The zero-order valence-electron chi connectivity index (χ0n) is 15.4. The fourth-order valence-corrected chi connectivity index (χ4v) is 4.42. The van der Waals surface area contributed by atoms with E-state index in [1.807, 2.05) is 10.6 Å². The molecule has 0 saturated heterocycles. The molecule has 0 atom stereocenters. The zero-order chi connectivity index (χ0) is 18.1. The molecule has 0 aliphatic heterocycles. The predicted octanol–water partition coefficient (Wildman–Crippen LogP) is 4.55. The summed E-state index contributed by atoms with van der Waals surface area (Å²) in [6, 6.07) is 3.06. The van der Waals surface area contributed by atoms with Gasteiger partial charge in [0, 0.05) is 14.7 Å². The van der Waals surface area contributed by atoms with Crippen LogP contribution in [0.2, 0.25) is 30.8 Å². The molecule has 1 aliphatic rings. The Kier molecular flexibility index (Phi) is 5.53. The molecule has 2 aromatic heterocycles. The number of halogens is 1. The number of hydrogen-bond acceptors (Lipinski definition) is 4. The van der Waals surface area contributed by atoms with E-state index in [0.717, 1.165) is 55.1 Å². The van der Waals surface area contributed by atoms with Gasteiger partial charge in [0.2, 0.25) is 0 Å². The first-order chi connectivity index (χ1) is 11.8. The van der Waals surface area contributed by atoms with Gasteiger partial charge in [0.1, 0.15) is 29.5 Å². The van der Waals surface area contributed by atoms with E-state index < -0.39 is 13.7 Å². The Balaban J connectivity index is 1.91. The average molecular weight is 382 g/mol. The lowest BCUT2D eigenvalue weighted by atomic mass is 9.82. The van der Waals surface area contributed by atoms with Crippen molar-refractivity contribution in [1.82, 2.24) is 14.5 Å². The molecule has 0 amide bonds. The van der Waals surface area contributed by atoms with Gasteiger partial charge in [-0.3, -0.25) is 0 Å². The standard InChI is InChI=1S/C18H28ClN3O2Si/c1-25(2,3)10-9-24-13-22-15(18(23)7-5-4-6-8-18)11-14-16(19)20-12-21-17(14)22/h11-12,23H,4-10,13H2,1-3H3. The Hall–Kier alpha value is -0.953. The van der Waals surface area contributed by atoms with Crippen LogP contribution in [0.5, 0.6) is 0 Å². The molecular formula is C18H28ClN3O2Si. The van der Waals surface area contributed by atoms with Gasteiger partial charge >= 0.3 is 0 Å². The Morgan fingerprint density at radius 1 is 1.24 bits per heavy atom. The van der Waals surface area contributed by atoms with Gasteiger partial charge in [-0.2, -0.15) is 0 Å². The van der Waals surface area contributed by atoms with E-state index in [9.17, 15) is 5.11 Å². The second-order valence-corrected chi connectivity index (χ2v) is 14.3. The number of aliphatic hydroxyl groups is 1. The maximum Gasteiger partial charge on any atom is 0.147 e. The maximum absolute atomic E-state index is 11.2. The van der Waals surface area contributed by atoms with E-state index in [1.165, 1.54) is 12.7 Å². The van der Waals surface area contributed by atoms with Crippen LogP contribution in [-0.2, 0) is 17.1 Å². The fraction of sp³-hybridized carbons (Fsp3) is 0.667. The van der Waals surface area contributed by atoms with Crippen LogP contribution in [0.15, 0.2) is 12.4 Å². The van der Waals surface area contributed by atoms with Crippen LogP contribution in [0.3, 0.4) is 0 Å². The number of fused-ring (bicyclic) bond motifs is 1. The number of ether oxygens (including phenoxy) is 1. The molecule has 1 fully saturated rings. The Bertz CT molecular complexity index is 736. The molecule has 2 aromatic rings. The van der Waals surface area contributed by atoms with Crippen LogP contribution < -0.4 is 0 Å². The smallest absolute Gasteiger partial charge is 0.147 e. The second kappa shape index (κ2) is 7.35. The third kappa shape index (κ3) is 4.24. The van der Waals surface area contributed by atoms with Gasteiger partial charge in [0.05, 0.1) is 11.1 Å². The van der Waals surface area contributed by atoms with E-state index in [0.29, 0.717) is 11.9 Å². The van der Waals surface area contributed by atoms with Crippen LogP contribution in [0.1, 0.15) is 37.8 Å². The first-order valence-corrected chi connectivity index (χ1v) is 13.2. The molecule has 5 nitrogen and oxygen atoms in total. The van der Waals surface area contributed by atoms with E-state index >= 15 is 0 Å². The maximum atomic E-state index is 11.2. The molecule has 25 heavy (non-hydrogen) atoms. The van der Waals surface area contributed by atoms with Crippen molar-refractivity contribution in [2.24, 2.45) is 0 Å². The van der Waals surface area contributed by atoms with Crippen LogP contribution in [-0.4, -0.2) is 34.3 Å². The largest absolute Gasteiger partial charge is 0.384 e. The van der Waals surface area contributed by atoms with Crippen LogP contribution in [0, 0.1) is 0 Å². The molecule has 7 heteroatoms. The minimum absolute atomic E-state index is 0.388. The van der Waals surface area contributed by atoms with Crippen LogP contribution in [0.25, 0.3) is 11.0 Å². The Morgan fingerprint density at radius 3 is 2.64 bits per heavy atom. The number of aromatic nitrogens is 3. The van der Waals surface area contributed by atoms with Gasteiger partial charge < -0.3 is 14.4 Å². The summed E-state index contributed by atoms with van der Waals surface area (Å²) >= 11 is 6.27. The normalized spacial score (nSPS) is 18.0. The van der Waals surface area contributed by atoms with E-state index in [1.54, 1.807) is 0 Å². The van der Waals surface area contributed by atoms with Gasteiger partial charge in [0.15, 0.2) is 0 Å². The lowest BCUT2D eigenvalue weighted by Crippen LogP contribution is -2.31. The van der Waals surface area contributed by atoms with Crippen molar-refractivity contribution in [2.75, 3.05) is 6.61 Å². The third-order valence-corrected chi connectivity index (χ3v) is 7.02. The summed E-state index contributed by atoms with van der Waals surface area (Å²) in [6.07, 6.45) is 6.25. The minimum atomic E-state index is -1.13. The molecule has 0 spiro atoms. The SMILES string of the molecule is C[Si](C)(C)CCOCn1c(C2(O)CCCCC2)cc2c(Cl)ncnc21. The highest BCUT2D eigenvalue weighted by Gasteiger charge is 2.35. The summed E-state index contributed by atoms with van der Waals surface area (Å²) in [4.78, 5) is 8.48. The van der Waals surface area contributed by atoms with Crippen LogP contribution >= 0.6 is 11.6 Å². The second-order valence-electron chi connectivity index (χ2n) is 8.30. The van der Waals surface area contributed by atoms with Gasteiger partial charge in [-0.1, -0.05) is 50.5 Å². The number of nitrogens with zero attached hydrogens (tertiary/aromatic N) is 3. The Labute approximate surface area is 155 Å². The minimum Gasteiger partial charge on any atom is -0.384 e. The molecule has 1 aliphatic carbocycles. The quantitative estimate of drug-likeness (QED) is 0.453. The molecule has 0 unspecified atom stereocenters. The number of hydrogen-bond donors (Lipinski definition) is 1. The van der Waals surface area contributed by atoms with Crippen molar-refractivity contribution in [2.45, 2.75) is 70.1 Å². The summed E-state index contributed by atoms with van der Waals surface area (Å²) in [5, 5.41) is 12.4. The van der Waals surface area contributed by atoms with E-state index in [4.69, 9.17) is 16.3 Å². The highest BCUT2D eigenvalue weighted by molar-refractivity contribution is 6.76. The molecule has 0 aromatic carbocycles. The topological polar surface area (TPSA) is 60.2 Å². The van der Waals surface area contributed by atoms with E-state index in [2.05, 4.69) is 29.6 Å². The van der Waals surface area contributed by atoms with Crippen molar-refractivity contribution in [3.05, 3.63) is 23.2 Å². The third-order valence-electron chi connectivity index (χ3n) is 5.02. The lowest BCUT2D eigenvalue weighted by molar-refractivity contribution is -0.0147. The van der Waals surface area contributed by atoms with Crippen molar-refractivity contribution in [1.29, 1.82) is 0 Å². The van der Waals surface area contributed by atoms with Crippen LogP contribution in [0.4, 0.5) is 0 Å².